The largest absolute Gasteiger partial charge is 0.493 e. The summed E-state index contributed by atoms with van der Waals surface area (Å²) in [5, 5.41) is 13.9. The molecular formula is C23H20N6O4. The van der Waals surface area contributed by atoms with Crippen molar-refractivity contribution in [3.63, 3.8) is 0 Å². The number of nitrogens with zero attached hydrogens (tertiary/aromatic N) is 4. The van der Waals surface area contributed by atoms with Crippen LogP contribution in [0.5, 0.6) is 17.4 Å². The van der Waals surface area contributed by atoms with Crippen LogP contribution in [0.2, 0.25) is 0 Å². The van der Waals surface area contributed by atoms with Crippen LogP contribution in [0.4, 0.5) is 17.5 Å². The van der Waals surface area contributed by atoms with Crippen LogP contribution in [-0.2, 0) is 6.42 Å². The summed E-state index contributed by atoms with van der Waals surface area (Å²) in [6, 6.07) is 13.4. The van der Waals surface area contributed by atoms with E-state index in [9.17, 15) is 10.0 Å². The van der Waals surface area contributed by atoms with Gasteiger partial charge in [-0.15, -0.1) is 4.91 Å². The minimum Gasteiger partial charge on any atom is -0.493 e. The number of benzene rings is 2. The van der Waals surface area contributed by atoms with E-state index >= 15 is 0 Å². The summed E-state index contributed by atoms with van der Waals surface area (Å²) < 4.78 is 12.3. The third-order valence-electron chi connectivity index (χ3n) is 5.07. The zero-order valence-corrected chi connectivity index (χ0v) is 17.9. The van der Waals surface area contributed by atoms with E-state index in [0.29, 0.717) is 39.9 Å². The minimum absolute atomic E-state index is 0.0722. The van der Waals surface area contributed by atoms with E-state index in [4.69, 9.17) is 20.9 Å². The molecule has 166 valence electrons. The molecule has 0 aliphatic heterocycles. The SMILES string of the molecule is COc1cc(Cc2cnc(N)nc2N)cc(C#Cn2c(O)c(N=O)c3ccccc32)c1OC. The third kappa shape index (κ3) is 3.95. The van der Waals surface area contributed by atoms with E-state index in [1.807, 2.05) is 6.07 Å². The Morgan fingerprint density at radius 1 is 1.18 bits per heavy atom. The Balaban J connectivity index is 1.83. The standard InChI is InChI=1S/C23H20N6O4/c1-32-18-11-13(10-15-12-26-23(25)27-21(15)24)9-14(20(18)33-2)7-8-29-17-6-4-3-5-16(17)19(28-31)22(29)30/h3-6,9,11-12,30H,10H2,1-2H3,(H4,24,25,26,27). The number of nitrogen functional groups attached to an aromatic ring is 2. The molecule has 0 saturated heterocycles. The van der Waals surface area contributed by atoms with Gasteiger partial charge in [-0.3, -0.25) is 0 Å². The van der Waals surface area contributed by atoms with E-state index in [0.717, 1.165) is 5.56 Å². The molecule has 2 aromatic carbocycles. The summed E-state index contributed by atoms with van der Waals surface area (Å²) in [4.78, 5) is 19.2. The monoisotopic (exact) mass is 444 g/mol. The third-order valence-corrected chi connectivity index (χ3v) is 5.07. The molecule has 0 aliphatic carbocycles. The topological polar surface area (TPSA) is 151 Å². The minimum atomic E-state index is -0.340. The first-order valence-corrected chi connectivity index (χ1v) is 9.76. The lowest BCUT2D eigenvalue weighted by Gasteiger charge is -2.13. The number of fused-ring (bicyclic) bond motifs is 1. The van der Waals surface area contributed by atoms with Crippen molar-refractivity contribution in [1.29, 1.82) is 0 Å². The highest BCUT2D eigenvalue weighted by Crippen LogP contribution is 2.38. The summed E-state index contributed by atoms with van der Waals surface area (Å²) in [7, 11) is 3.03. The van der Waals surface area contributed by atoms with Crippen molar-refractivity contribution >= 4 is 28.4 Å². The van der Waals surface area contributed by atoms with Gasteiger partial charge in [0, 0.05) is 29.6 Å². The molecule has 0 aliphatic rings. The van der Waals surface area contributed by atoms with Gasteiger partial charge in [0.1, 0.15) is 5.82 Å². The molecule has 4 rings (SSSR count). The molecule has 33 heavy (non-hydrogen) atoms. The molecule has 4 aromatic rings. The van der Waals surface area contributed by atoms with E-state index in [-0.39, 0.29) is 23.3 Å². The molecule has 0 radical (unpaired) electrons. The van der Waals surface area contributed by atoms with E-state index in [2.05, 4.69) is 27.1 Å². The summed E-state index contributed by atoms with van der Waals surface area (Å²) in [6.07, 6.45) is 1.97. The number of nitroso groups, excluding NO2 is 1. The first kappa shape index (κ1) is 21.5. The van der Waals surface area contributed by atoms with Crippen molar-refractivity contribution in [3.05, 3.63) is 64.2 Å². The first-order chi connectivity index (χ1) is 16.0. The first-order valence-electron chi connectivity index (χ1n) is 9.76. The summed E-state index contributed by atoms with van der Waals surface area (Å²) in [6.45, 7) is 0. The van der Waals surface area contributed by atoms with Crippen LogP contribution >= 0.6 is 0 Å². The second kappa shape index (κ2) is 8.76. The van der Waals surface area contributed by atoms with Crippen molar-refractivity contribution in [2.24, 2.45) is 5.18 Å². The number of hydrogen-bond acceptors (Lipinski definition) is 9. The van der Waals surface area contributed by atoms with Crippen LogP contribution in [0.1, 0.15) is 16.7 Å². The zero-order valence-electron chi connectivity index (χ0n) is 17.9. The van der Waals surface area contributed by atoms with E-state index in [1.54, 1.807) is 36.5 Å². The molecular weight excluding hydrogens is 424 g/mol. The van der Waals surface area contributed by atoms with Crippen molar-refractivity contribution < 1.29 is 14.6 Å². The second-order valence-electron chi connectivity index (χ2n) is 7.05. The zero-order chi connectivity index (χ0) is 23.5. The number of hydrogen-bond donors (Lipinski definition) is 3. The molecule has 10 heteroatoms. The average molecular weight is 444 g/mol. The second-order valence-corrected chi connectivity index (χ2v) is 7.05. The molecule has 2 heterocycles. The predicted molar refractivity (Wildman–Crippen MR) is 125 cm³/mol. The van der Waals surface area contributed by atoms with Crippen LogP contribution in [0.15, 0.2) is 47.8 Å². The molecule has 0 atom stereocenters. The lowest BCUT2D eigenvalue weighted by molar-refractivity contribution is 0.354. The Labute approximate surface area is 188 Å². The Kier molecular flexibility index (Phi) is 5.69. The van der Waals surface area contributed by atoms with Gasteiger partial charge in [0.15, 0.2) is 17.2 Å². The summed E-state index contributed by atoms with van der Waals surface area (Å²) >= 11 is 0. The fraction of sp³-hybridized carbons (Fsp3) is 0.130. The maximum Gasteiger partial charge on any atom is 0.234 e. The predicted octanol–water partition coefficient (Wildman–Crippen LogP) is 3.16. The van der Waals surface area contributed by atoms with Gasteiger partial charge in [-0.25, -0.2) is 9.55 Å². The molecule has 5 N–H and O–H groups in total. The van der Waals surface area contributed by atoms with Crippen LogP contribution in [0.3, 0.4) is 0 Å². The van der Waals surface area contributed by atoms with E-state index < -0.39 is 0 Å². The van der Waals surface area contributed by atoms with Crippen molar-refractivity contribution in [2.45, 2.75) is 6.42 Å². The summed E-state index contributed by atoms with van der Waals surface area (Å²) in [5.41, 5.74) is 14.0. The molecule has 0 bridgehead atoms. The smallest absolute Gasteiger partial charge is 0.234 e. The van der Waals surface area contributed by atoms with Crippen LogP contribution in [0, 0.1) is 16.9 Å². The average Bonchev–Trinajstić information content (AvgIpc) is 3.09. The van der Waals surface area contributed by atoms with Gasteiger partial charge in [-0.05, 0) is 34.9 Å². The van der Waals surface area contributed by atoms with Gasteiger partial charge in [-0.1, -0.05) is 18.2 Å². The quantitative estimate of drug-likeness (QED) is 0.314. The molecule has 10 nitrogen and oxygen atoms in total. The maximum atomic E-state index is 11.2. The highest BCUT2D eigenvalue weighted by Gasteiger charge is 2.17. The van der Waals surface area contributed by atoms with Crippen molar-refractivity contribution in [2.75, 3.05) is 25.7 Å². The van der Waals surface area contributed by atoms with Crippen LogP contribution < -0.4 is 20.9 Å². The van der Waals surface area contributed by atoms with Gasteiger partial charge < -0.3 is 26.0 Å². The van der Waals surface area contributed by atoms with Crippen LogP contribution in [-0.4, -0.2) is 33.9 Å². The number of aromatic hydroxyl groups is 1. The number of anilines is 2. The number of nitrogens with two attached hydrogens (primary N) is 2. The molecule has 0 fully saturated rings. The number of para-hydroxylation sites is 1. The number of rotatable bonds is 5. The normalized spacial score (nSPS) is 10.5. The lowest BCUT2D eigenvalue weighted by atomic mass is 10.0. The Bertz CT molecular complexity index is 1430. The number of ether oxygens (including phenoxy) is 2. The molecule has 0 spiro atoms. The maximum absolute atomic E-state index is 11.2. The fourth-order valence-corrected chi connectivity index (χ4v) is 3.54. The molecule has 0 amide bonds. The van der Waals surface area contributed by atoms with Crippen LogP contribution in [0.25, 0.3) is 10.9 Å². The Morgan fingerprint density at radius 3 is 2.67 bits per heavy atom. The van der Waals surface area contributed by atoms with Gasteiger partial charge in [-0.2, -0.15) is 4.98 Å². The van der Waals surface area contributed by atoms with Gasteiger partial charge in [0.05, 0.1) is 25.3 Å². The van der Waals surface area contributed by atoms with E-state index in [1.165, 1.54) is 18.8 Å². The molecule has 0 saturated carbocycles. The highest BCUT2D eigenvalue weighted by atomic mass is 16.5. The summed E-state index contributed by atoms with van der Waals surface area (Å²) in [5.74, 6) is 3.91. The molecule has 2 aromatic heterocycles. The Morgan fingerprint density at radius 2 is 1.97 bits per heavy atom. The molecule has 0 unspecified atom stereocenters. The van der Waals surface area contributed by atoms with Gasteiger partial charge in [0.2, 0.25) is 11.8 Å². The Hall–Kier alpha value is -4.78. The number of methoxy groups -OCH3 is 2. The number of aromatic nitrogens is 3. The van der Waals surface area contributed by atoms with Gasteiger partial charge >= 0.3 is 0 Å². The highest BCUT2D eigenvalue weighted by molar-refractivity contribution is 5.95. The lowest BCUT2D eigenvalue weighted by Crippen LogP contribution is -2.04. The van der Waals surface area contributed by atoms with Crippen molar-refractivity contribution in [1.82, 2.24) is 14.5 Å². The van der Waals surface area contributed by atoms with Gasteiger partial charge in [0.25, 0.3) is 0 Å². The van der Waals surface area contributed by atoms with Crippen molar-refractivity contribution in [3.8, 4) is 29.3 Å². The fourth-order valence-electron chi connectivity index (χ4n) is 3.54.